The smallest absolute Gasteiger partial charge is 0.354 e. The minimum atomic E-state index is -1.02. The summed E-state index contributed by atoms with van der Waals surface area (Å²) < 4.78 is 0. The molecule has 6 heteroatoms. The molecule has 0 saturated heterocycles. The van der Waals surface area contributed by atoms with E-state index in [4.69, 9.17) is 5.11 Å². The van der Waals surface area contributed by atoms with Crippen LogP contribution in [0.4, 0.5) is 11.4 Å². The minimum Gasteiger partial charge on any atom is -0.477 e. The highest BCUT2D eigenvalue weighted by atomic mass is 16.4. The third kappa shape index (κ3) is 1.48. The van der Waals surface area contributed by atoms with Crippen molar-refractivity contribution in [3.05, 3.63) is 11.9 Å². The zero-order valence-corrected chi connectivity index (χ0v) is 9.88. The average molecular weight is 249 g/mol. The van der Waals surface area contributed by atoms with E-state index < -0.39 is 11.5 Å². The number of nitrogens with one attached hydrogen (secondary N) is 3. The van der Waals surface area contributed by atoms with Gasteiger partial charge in [-0.25, -0.2) is 4.79 Å². The number of aromatic amines is 1. The Balaban J connectivity index is 2.00. The standard InChI is InChI=1S/C12H15N3O3/c16-10(17)9-8-7(6-13-9)14-11(18)12(15-8)4-2-1-3-5-12/h6,13,15H,1-5H2,(H,14,18)(H,16,17). The average Bonchev–Trinajstić information content (AvgIpc) is 2.74. The molecule has 4 N–H and O–H groups in total. The van der Waals surface area contributed by atoms with Gasteiger partial charge in [0.15, 0.2) is 5.69 Å². The van der Waals surface area contributed by atoms with E-state index in [1.54, 1.807) is 0 Å². The Morgan fingerprint density at radius 3 is 2.67 bits per heavy atom. The van der Waals surface area contributed by atoms with Crippen LogP contribution in [0.25, 0.3) is 0 Å². The number of amides is 1. The zero-order chi connectivity index (χ0) is 12.8. The van der Waals surface area contributed by atoms with Crippen molar-refractivity contribution in [1.29, 1.82) is 0 Å². The molecule has 0 aromatic carbocycles. The highest BCUT2D eigenvalue weighted by Crippen LogP contribution is 2.40. The quantitative estimate of drug-likeness (QED) is 0.610. The highest BCUT2D eigenvalue weighted by molar-refractivity contribution is 6.10. The maximum atomic E-state index is 12.2. The van der Waals surface area contributed by atoms with Crippen LogP contribution in [0.1, 0.15) is 42.6 Å². The van der Waals surface area contributed by atoms with Crippen LogP contribution in [0.3, 0.4) is 0 Å². The first-order chi connectivity index (χ1) is 8.62. The Labute approximate surface area is 104 Å². The summed E-state index contributed by atoms with van der Waals surface area (Å²) in [5, 5.41) is 15.1. The normalized spacial score (nSPS) is 21.0. The summed E-state index contributed by atoms with van der Waals surface area (Å²) in [6, 6.07) is 0. The molecule has 2 heterocycles. The molecular formula is C12H15N3O3. The molecule has 0 radical (unpaired) electrons. The SMILES string of the molecule is O=C(O)c1[nH]cc2c1NC1(CCCCC1)C(=O)N2. The summed E-state index contributed by atoms with van der Waals surface area (Å²) in [5.74, 6) is -1.07. The number of carboxylic acid groups (broad SMARTS) is 1. The first-order valence-corrected chi connectivity index (χ1v) is 6.17. The van der Waals surface area contributed by atoms with Crippen molar-refractivity contribution in [2.75, 3.05) is 10.6 Å². The molecule has 1 aliphatic heterocycles. The van der Waals surface area contributed by atoms with E-state index in [1.165, 1.54) is 6.20 Å². The third-order valence-corrected chi connectivity index (χ3v) is 3.85. The molecule has 3 rings (SSSR count). The number of anilines is 2. The van der Waals surface area contributed by atoms with Crippen molar-refractivity contribution in [3.8, 4) is 0 Å². The van der Waals surface area contributed by atoms with Crippen LogP contribution < -0.4 is 10.6 Å². The van der Waals surface area contributed by atoms with Gasteiger partial charge >= 0.3 is 5.97 Å². The Hall–Kier alpha value is -1.98. The fraction of sp³-hybridized carbons (Fsp3) is 0.500. The van der Waals surface area contributed by atoms with Crippen molar-refractivity contribution >= 4 is 23.3 Å². The molecule has 1 aromatic heterocycles. The second kappa shape index (κ2) is 3.76. The number of aromatic nitrogens is 1. The van der Waals surface area contributed by atoms with Crippen LogP contribution in [0, 0.1) is 0 Å². The molecule has 0 atom stereocenters. The number of carboxylic acids is 1. The number of fused-ring (bicyclic) bond motifs is 1. The maximum absolute atomic E-state index is 12.2. The molecule has 1 fully saturated rings. The summed E-state index contributed by atoms with van der Waals surface area (Å²) in [7, 11) is 0. The van der Waals surface area contributed by atoms with Crippen molar-refractivity contribution < 1.29 is 14.7 Å². The summed E-state index contributed by atoms with van der Waals surface area (Å²) in [5.41, 5.74) is 0.505. The lowest BCUT2D eigenvalue weighted by atomic mass is 9.79. The number of rotatable bonds is 1. The van der Waals surface area contributed by atoms with Gasteiger partial charge in [0.1, 0.15) is 5.54 Å². The molecule has 1 spiro atoms. The van der Waals surface area contributed by atoms with Crippen molar-refractivity contribution in [2.24, 2.45) is 0 Å². The number of carbonyl (C=O) groups is 2. The molecule has 1 aliphatic carbocycles. The number of H-pyrrole nitrogens is 1. The second-order valence-corrected chi connectivity index (χ2v) is 4.98. The number of aromatic carboxylic acids is 1. The summed E-state index contributed by atoms with van der Waals surface area (Å²) in [6.07, 6.45) is 6.12. The summed E-state index contributed by atoms with van der Waals surface area (Å²) in [4.78, 5) is 26.0. The fourth-order valence-electron chi connectivity index (χ4n) is 2.87. The lowest BCUT2D eigenvalue weighted by Crippen LogP contribution is -2.53. The van der Waals surface area contributed by atoms with Crippen LogP contribution in [0.15, 0.2) is 6.20 Å². The Kier molecular flexibility index (Phi) is 2.33. The molecule has 2 aliphatic rings. The van der Waals surface area contributed by atoms with Crippen molar-refractivity contribution in [1.82, 2.24) is 4.98 Å². The molecule has 18 heavy (non-hydrogen) atoms. The van der Waals surface area contributed by atoms with Gasteiger partial charge in [-0.1, -0.05) is 19.3 Å². The predicted molar refractivity (Wildman–Crippen MR) is 65.8 cm³/mol. The van der Waals surface area contributed by atoms with E-state index in [2.05, 4.69) is 15.6 Å². The first kappa shape index (κ1) is 11.1. The van der Waals surface area contributed by atoms with Crippen LogP contribution in [-0.2, 0) is 4.79 Å². The first-order valence-electron chi connectivity index (χ1n) is 6.17. The second-order valence-electron chi connectivity index (χ2n) is 4.98. The summed E-state index contributed by atoms with van der Waals surface area (Å²) in [6.45, 7) is 0. The molecule has 96 valence electrons. The maximum Gasteiger partial charge on any atom is 0.354 e. The van der Waals surface area contributed by atoms with Crippen molar-refractivity contribution in [3.63, 3.8) is 0 Å². The molecule has 1 amide bonds. The van der Waals surface area contributed by atoms with E-state index in [0.29, 0.717) is 11.4 Å². The molecule has 1 aromatic rings. The largest absolute Gasteiger partial charge is 0.477 e. The Morgan fingerprint density at radius 1 is 1.28 bits per heavy atom. The lowest BCUT2D eigenvalue weighted by Gasteiger charge is -2.40. The van der Waals surface area contributed by atoms with Gasteiger partial charge in [-0.15, -0.1) is 0 Å². The van der Waals surface area contributed by atoms with Crippen molar-refractivity contribution in [2.45, 2.75) is 37.6 Å². The minimum absolute atomic E-state index is 0.0503. The topological polar surface area (TPSA) is 94.2 Å². The van der Waals surface area contributed by atoms with Crippen LogP contribution in [0.5, 0.6) is 0 Å². The molecule has 6 nitrogen and oxygen atoms in total. The molecule has 0 bridgehead atoms. The predicted octanol–water partition coefficient (Wildman–Crippen LogP) is 1.78. The monoisotopic (exact) mass is 249 g/mol. The zero-order valence-electron chi connectivity index (χ0n) is 9.88. The van der Waals surface area contributed by atoms with Gasteiger partial charge in [-0.2, -0.15) is 0 Å². The van der Waals surface area contributed by atoms with Gasteiger partial charge in [0.2, 0.25) is 5.91 Å². The number of carbonyl (C=O) groups excluding carboxylic acids is 1. The van der Waals surface area contributed by atoms with E-state index in [0.717, 1.165) is 32.1 Å². The van der Waals surface area contributed by atoms with Gasteiger partial charge in [-0.05, 0) is 12.8 Å². The third-order valence-electron chi connectivity index (χ3n) is 3.85. The van der Waals surface area contributed by atoms with Crippen LogP contribution >= 0.6 is 0 Å². The van der Waals surface area contributed by atoms with Crippen LogP contribution in [0.2, 0.25) is 0 Å². The number of hydrogen-bond acceptors (Lipinski definition) is 3. The van der Waals surface area contributed by atoms with Gasteiger partial charge in [-0.3, -0.25) is 4.79 Å². The van der Waals surface area contributed by atoms with Crippen LogP contribution in [-0.4, -0.2) is 27.5 Å². The highest BCUT2D eigenvalue weighted by Gasteiger charge is 2.44. The van der Waals surface area contributed by atoms with E-state index >= 15 is 0 Å². The van der Waals surface area contributed by atoms with Gasteiger partial charge in [0.05, 0.1) is 11.4 Å². The lowest BCUT2D eigenvalue weighted by molar-refractivity contribution is -0.121. The van der Waals surface area contributed by atoms with E-state index in [1.807, 2.05) is 0 Å². The van der Waals surface area contributed by atoms with E-state index in [9.17, 15) is 9.59 Å². The fourth-order valence-corrected chi connectivity index (χ4v) is 2.87. The van der Waals surface area contributed by atoms with Gasteiger partial charge < -0.3 is 20.7 Å². The molecule has 1 saturated carbocycles. The number of hydrogen-bond donors (Lipinski definition) is 4. The molecular weight excluding hydrogens is 234 g/mol. The molecule has 0 unspecified atom stereocenters. The van der Waals surface area contributed by atoms with Gasteiger partial charge in [0, 0.05) is 6.20 Å². The summed E-state index contributed by atoms with van der Waals surface area (Å²) >= 11 is 0. The van der Waals surface area contributed by atoms with Gasteiger partial charge in [0.25, 0.3) is 0 Å². The Morgan fingerprint density at radius 2 is 2.00 bits per heavy atom. The van der Waals surface area contributed by atoms with E-state index in [-0.39, 0.29) is 11.6 Å². The Bertz CT molecular complexity index is 515.